The Morgan fingerprint density at radius 1 is 1.53 bits per heavy atom. The van der Waals surface area contributed by atoms with E-state index in [4.69, 9.17) is 4.42 Å². The molecule has 7 heteroatoms. The molecule has 0 unspecified atom stereocenters. The Hall–Kier alpha value is -2.44. The first kappa shape index (κ1) is 11.1. The van der Waals surface area contributed by atoms with Gasteiger partial charge in [-0.25, -0.2) is 4.98 Å². The predicted molar refractivity (Wildman–Crippen MR) is 59.5 cm³/mol. The summed E-state index contributed by atoms with van der Waals surface area (Å²) >= 11 is 0. The Morgan fingerprint density at radius 3 is 3.00 bits per heavy atom. The summed E-state index contributed by atoms with van der Waals surface area (Å²) in [5.74, 6) is 0.957. The molecule has 0 amide bonds. The molecule has 0 aliphatic carbocycles. The molecule has 0 aliphatic heterocycles. The van der Waals surface area contributed by atoms with Crippen LogP contribution >= 0.6 is 0 Å². The van der Waals surface area contributed by atoms with Crippen LogP contribution in [0.25, 0.3) is 0 Å². The van der Waals surface area contributed by atoms with E-state index in [0.29, 0.717) is 17.3 Å². The first-order valence-corrected chi connectivity index (χ1v) is 4.91. The van der Waals surface area contributed by atoms with Crippen LogP contribution in [-0.2, 0) is 6.54 Å². The lowest BCUT2D eigenvalue weighted by atomic mass is 10.4. The van der Waals surface area contributed by atoms with Crippen molar-refractivity contribution in [3.8, 4) is 0 Å². The van der Waals surface area contributed by atoms with E-state index in [1.54, 1.807) is 25.3 Å². The van der Waals surface area contributed by atoms with Gasteiger partial charge in [-0.05, 0) is 29.0 Å². The number of nitrogens with one attached hydrogen (secondary N) is 1. The number of hydrogen-bond acceptors (Lipinski definition) is 6. The fourth-order valence-electron chi connectivity index (χ4n) is 1.33. The molecule has 1 N–H and O–H groups in total. The smallest absolute Gasteiger partial charge is 0.386 e. The van der Waals surface area contributed by atoms with Crippen molar-refractivity contribution in [2.24, 2.45) is 0 Å². The van der Waals surface area contributed by atoms with Gasteiger partial charge in [-0.15, -0.1) is 0 Å². The zero-order valence-electron chi connectivity index (χ0n) is 9.08. The second kappa shape index (κ2) is 4.60. The van der Waals surface area contributed by atoms with Crippen LogP contribution in [0, 0.1) is 17.0 Å². The van der Waals surface area contributed by atoms with Crippen LogP contribution in [0.1, 0.15) is 11.7 Å². The van der Waals surface area contributed by atoms with Crippen LogP contribution < -0.4 is 5.32 Å². The van der Waals surface area contributed by atoms with Gasteiger partial charge < -0.3 is 19.8 Å². The SMILES string of the molecule is Cc1cnc(CNc2cccnc2[N+](=O)[O-])o1. The minimum absolute atomic E-state index is 0.212. The highest BCUT2D eigenvalue weighted by Gasteiger charge is 2.14. The van der Waals surface area contributed by atoms with Gasteiger partial charge in [0.05, 0.1) is 12.7 Å². The van der Waals surface area contributed by atoms with Crippen LogP contribution in [0.2, 0.25) is 0 Å². The Labute approximate surface area is 96.7 Å². The molecule has 0 saturated heterocycles. The fraction of sp³-hybridized carbons (Fsp3) is 0.200. The number of pyridine rings is 1. The number of nitrogens with zero attached hydrogens (tertiary/aromatic N) is 3. The molecule has 0 fully saturated rings. The zero-order valence-corrected chi connectivity index (χ0v) is 9.08. The van der Waals surface area contributed by atoms with Crippen molar-refractivity contribution in [1.29, 1.82) is 0 Å². The quantitative estimate of drug-likeness (QED) is 0.641. The molecule has 2 aromatic rings. The van der Waals surface area contributed by atoms with Crippen LogP contribution in [0.4, 0.5) is 11.5 Å². The van der Waals surface area contributed by atoms with E-state index in [9.17, 15) is 10.1 Å². The first-order valence-electron chi connectivity index (χ1n) is 4.91. The molecule has 2 rings (SSSR count). The predicted octanol–water partition coefficient (Wildman–Crippen LogP) is 1.90. The maximum Gasteiger partial charge on any atom is 0.386 e. The normalized spacial score (nSPS) is 10.2. The maximum atomic E-state index is 10.7. The summed E-state index contributed by atoms with van der Waals surface area (Å²) < 4.78 is 5.24. The van der Waals surface area contributed by atoms with E-state index >= 15 is 0 Å². The summed E-state index contributed by atoms with van der Waals surface area (Å²) in [4.78, 5) is 17.8. The van der Waals surface area contributed by atoms with Gasteiger partial charge >= 0.3 is 5.82 Å². The molecule has 2 aromatic heterocycles. The van der Waals surface area contributed by atoms with Gasteiger partial charge in [-0.3, -0.25) is 0 Å². The highest BCUT2D eigenvalue weighted by atomic mass is 16.6. The highest BCUT2D eigenvalue weighted by molar-refractivity contribution is 5.56. The molecule has 17 heavy (non-hydrogen) atoms. The highest BCUT2D eigenvalue weighted by Crippen LogP contribution is 2.20. The maximum absolute atomic E-state index is 10.7. The van der Waals surface area contributed by atoms with Crippen molar-refractivity contribution in [2.45, 2.75) is 13.5 Å². The molecule has 2 heterocycles. The lowest BCUT2D eigenvalue weighted by Gasteiger charge is -2.03. The van der Waals surface area contributed by atoms with Gasteiger partial charge in [-0.2, -0.15) is 0 Å². The summed E-state index contributed by atoms with van der Waals surface area (Å²) in [7, 11) is 0. The lowest BCUT2D eigenvalue weighted by molar-refractivity contribution is -0.388. The third-order valence-electron chi connectivity index (χ3n) is 2.06. The number of aromatic nitrogens is 2. The fourth-order valence-corrected chi connectivity index (χ4v) is 1.33. The second-order valence-corrected chi connectivity index (χ2v) is 3.35. The Bertz CT molecular complexity index is 538. The summed E-state index contributed by atoms with van der Waals surface area (Å²) in [5.41, 5.74) is 0.341. The molecule has 0 aromatic carbocycles. The van der Waals surface area contributed by atoms with Crippen molar-refractivity contribution in [1.82, 2.24) is 9.97 Å². The molecule has 0 saturated carbocycles. The van der Waals surface area contributed by atoms with Crippen molar-refractivity contribution >= 4 is 11.5 Å². The number of nitro groups is 1. The van der Waals surface area contributed by atoms with E-state index < -0.39 is 4.92 Å². The van der Waals surface area contributed by atoms with Gasteiger partial charge in [0.2, 0.25) is 5.89 Å². The van der Waals surface area contributed by atoms with Crippen molar-refractivity contribution in [3.05, 3.63) is 46.3 Å². The minimum atomic E-state index is -0.539. The average Bonchev–Trinajstić information content (AvgIpc) is 2.73. The van der Waals surface area contributed by atoms with Gasteiger partial charge in [0, 0.05) is 0 Å². The Balaban J connectivity index is 2.11. The standard InChI is InChI=1S/C10H10N4O3/c1-7-5-13-9(17-7)6-12-8-3-2-4-11-10(8)14(15)16/h2-5,12H,6H2,1H3. The van der Waals surface area contributed by atoms with Crippen LogP contribution in [-0.4, -0.2) is 14.9 Å². The van der Waals surface area contributed by atoms with Crippen LogP contribution in [0.5, 0.6) is 0 Å². The van der Waals surface area contributed by atoms with Gasteiger partial charge in [0.1, 0.15) is 17.6 Å². The van der Waals surface area contributed by atoms with Gasteiger partial charge in [-0.1, -0.05) is 0 Å². The molecule has 0 radical (unpaired) electrons. The average molecular weight is 234 g/mol. The minimum Gasteiger partial charge on any atom is -0.444 e. The van der Waals surface area contributed by atoms with E-state index in [-0.39, 0.29) is 12.4 Å². The van der Waals surface area contributed by atoms with Crippen LogP contribution in [0.3, 0.4) is 0 Å². The van der Waals surface area contributed by atoms with Gasteiger partial charge in [0.15, 0.2) is 0 Å². The molecule has 0 aliphatic rings. The van der Waals surface area contributed by atoms with Crippen molar-refractivity contribution in [3.63, 3.8) is 0 Å². The Morgan fingerprint density at radius 2 is 2.35 bits per heavy atom. The number of oxazole rings is 1. The first-order chi connectivity index (χ1) is 8.16. The molecule has 0 spiro atoms. The summed E-state index contributed by atoms with van der Waals surface area (Å²) in [6.07, 6.45) is 2.97. The van der Waals surface area contributed by atoms with E-state index in [0.717, 1.165) is 0 Å². The van der Waals surface area contributed by atoms with E-state index in [1.165, 1.54) is 6.20 Å². The van der Waals surface area contributed by atoms with Gasteiger partial charge in [0.25, 0.3) is 0 Å². The number of rotatable bonds is 4. The monoisotopic (exact) mass is 234 g/mol. The topological polar surface area (TPSA) is 94.1 Å². The number of hydrogen-bond donors (Lipinski definition) is 1. The summed E-state index contributed by atoms with van der Waals surface area (Å²) in [6.45, 7) is 2.06. The summed E-state index contributed by atoms with van der Waals surface area (Å²) in [5, 5.41) is 13.6. The third kappa shape index (κ3) is 2.57. The largest absolute Gasteiger partial charge is 0.444 e. The van der Waals surface area contributed by atoms with Crippen molar-refractivity contribution in [2.75, 3.05) is 5.32 Å². The molecule has 7 nitrogen and oxygen atoms in total. The lowest BCUT2D eigenvalue weighted by Crippen LogP contribution is -2.03. The number of aryl methyl sites for hydroxylation is 1. The van der Waals surface area contributed by atoms with Crippen molar-refractivity contribution < 1.29 is 9.34 Å². The Kier molecular flexibility index (Phi) is 2.99. The molecule has 0 atom stereocenters. The molecule has 0 bridgehead atoms. The summed E-state index contributed by atoms with van der Waals surface area (Å²) in [6, 6.07) is 3.21. The van der Waals surface area contributed by atoms with E-state index in [2.05, 4.69) is 15.3 Å². The van der Waals surface area contributed by atoms with E-state index in [1.807, 2.05) is 0 Å². The molecule has 88 valence electrons. The zero-order chi connectivity index (χ0) is 12.3. The third-order valence-corrected chi connectivity index (χ3v) is 2.06. The molecular weight excluding hydrogens is 224 g/mol. The second-order valence-electron chi connectivity index (χ2n) is 3.35. The molecular formula is C10H10N4O3. The van der Waals surface area contributed by atoms with Crippen LogP contribution in [0.15, 0.2) is 28.9 Å². The number of anilines is 1.